The molecule has 94 valence electrons. The maximum absolute atomic E-state index is 12.3. The van der Waals surface area contributed by atoms with Crippen LogP contribution >= 0.6 is 0 Å². The molecule has 0 fully saturated rings. The van der Waals surface area contributed by atoms with Gasteiger partial charge < -0.3 is 15.8 Å². The third-order valence-electron chi connectivity index (χ3n) is 1.35. The molecule has 3 N–H and O–H groups in total. The first kappa shape index (κ1) is 14.6. The number of amides is 2. The van der Waals surface area contributed by atoms with Crippen molar-refractivity contribution >= 4 is 11.8 Å². The number of ether oxygens (including phenoxy) is 1. The maximum atomic E-state index is 12.3. The Morgan fingerprint density at radius 2 is 1.94 bits per heavy atom. The highest BCUT2D eigenvalue weighted by Crippen LogP contribution is 2.22. The van der Waals surface area contributed by atoms with Crippen LogP contribution in [-0.2, 0) is 14.3 Å². The van der Waals surface area contributed by atoms with Gasteiger partial charge in [0.15, 0.2) is 0 Å². The van der Waals surface area contributed by atoms with Crippen molar-refractivity contribution in [1.29, 1.82) is 0 Å². The van der Waals surface area contributed by atoms with Crippen molar-refractivity contribution in [2.24, 2.45) is 5.73 Å². The highest BCUT2D eigenvalue weighted by molar-refractivity contribution is 5.83. The smallest absolute Gasteiger partial charge is 0.370 e. The molecule has 0 radical (unpaired) electrons. The van der Waals surface area contributed by atoms with Gasteiger partial charge in [-0.2, -0.15) is 8.78 Å². The molecule has 5 nitrogen and oxygen atoms in total. The van der Waals surface area contributed by atoms with Crippen LogP contribution in [0.1, 0.15) is 0 Å². The van der Waals surface area contributed by atoms with Crippen molar-refractivity contribution in [3.8, 4) is 0 Å². The lowest BCUT2D eigenvalue weighted by molar-refractivity contribution is -0.169. The topological polar surface area (TPSA) is 81.4 Å². The number of primary amides is 1. The summed E-state index contributed by atoms with van der Waals surface area (Å²) in [5.41, 5.74) is 4.67. The molecular weight excluding hydrogens is 236 g/mol. The molecule has 0 unspecified atom stereocenters. The SMILES string of the molecule is NC(=O)COCCNC(=O)C(F)(F)C(F)F. The summed E-state index contributed by atoms with van der Waals surface area (Å²) in [4.78, 5) is 20.7. The van der Waals surface area contributed by atoms with Crippen LogP contribution in [0.2, 0.25) is 0 Å². The molecule has 0 bridgehead atoms. The van der Waals surface area contributed by atoms with Crippen molar-refractivity contribution in [2.75, 3.05) is 19.8 Å². The summed E-state index contributed by atoms with van der Waals surface area (Å²) in [6.45, 7) is -1.15. The number of hydrogen-bond acceptors (Lipinski definition) is 3. The Kier molecular flexibility index (Phi) is 5.72. The van der Waals surface area contributed by atoms with E-state index in [0.29, 0.717) is 0 Å². The molecule has 2 amide bonds. The summed E-state index contributed by atoms with van der Waals surface area (Å²) in [6.07, 6.45) is -4.07. The van der Waals surface area contributed by atoms with Crippen molar-refractivity contribution in [3.05, 3.63) is 0 Å². The summed E-state index contributed by atoms with van der Waals surface area (Å²) in [5.74, 6) is -7.60. The van der Waals surface area contributed by atoms with Crippen LogP contribution in [0.5, 0.6) is 0 Å². The molecule has 0 aromatic heterocycles. The molecule has 9 heteroatoms. The molecule has 0 rings (SSSR count). The van der Waals surface area contributed by atoms with E-state index >= 15 is 0 Å². The van der Waals surface area contributed by atoms with Gasteiger partial charge in [0, 0.05) is 6.54 Å². The summed E-state index contributed by atoms with van der Waals surface area (Å²) >= 11 is 0. The fourth-order valence-corrected chi connectivity index (χ4v) is 0.626. The second kappa shape index (κ2) is 6.26. The summed E-state index contributed by atoms with van der Waals surface area (Å²) in [7, 11) is 0. The highest BCUT2D eigenvalue weighted by Gasteiger charge is 2.48. The van der Waals surface area contributed by atoms with Gasteiger partial charge in [0.05, 0.1) is 6.61 Å². The third kappa shape index (κ3) is 4.91. The van der Waals surface area contributed by atoms with Gasteiger partial charge in [-0.25, -0.2) is 8.78 Å². The summed E-state index contributed by atoms with van der Waals surface area (Å²) in [5, 5.41) is 1.53. The van der Waals surface area contributed by atoms with E-state index in [9.17, 15) is 27.2 Å². The van der Waals surface area contributed by atoms with E-state index in [4.69, 9.17) is 0 Å². The number of rotatable bonds is 7. The fraction of sp³-hybridized carbons (Fsp3) is 0.714. The van der Waals surface area contributed by atoms with Gasteiger partial charge in [0.25, 0.3) is 5.91 Å². The van der Waals surface area contributed by atoms with E-state index in [0.717, 1.165) is 0 Å². The lowest BCUT2D eigenvalue weighted by Gasteiger charge is -2.14. The van der Waals surface area contributed by atoms with Crippen LogP contribution in [0.15, 0.2) is 0 Å². The number of hydrogen-bond donors (Lipinski definition) is 2. The van der Waals surface area contributed by atoms with E-state index in [1.807, 2.05) is 0 Å². The first-order valence-corrected chi connectivity index (χ1v) is 4.08. The normalized spacial score (nSPS) is 11.6. The van der Waals surface area contributed by atoms with Crippen molar-refractivity contribution < 1.29 is 31.9 Å². The third-order valence-corrected chi connectivity index (χ3v) is 1.35. The van der Waals surface area contributed by atoms with Crippen LogP contribution in [0.4, 0.5) is 17.6 Å². The summed E-state index contributed by atoms with van der Waals surface area (Å²) in [6, 6.07) is 0. The maximum Gasteiger partial charge on any atom is 0.383 e. The van der Waals surface area contributed by atoms with Crippen LogP contribution in [0.3, 0.4) is 0 Å². The molecule has 0 aliphatic carbocycles. The van der Waals surface area contributed by atoms with E-state index in [1.165, 1.54) is 5.32 Å². The molecule has 0 spiro atoms. The molecule has 0 aromatic carbocycles. The average molecular weight is 246 g/mol. The minimum atomic E-state index is -4.73. The minimum absolute atomic E-state index is 0.284. The van der Waals surface area contributed by atoms with Gasteiger partial charge in [-0.05, 0) is 0 Å². The van der Waals surface area contributed by atoms with Crippen LogP contribution < -0.4 is 11.1 Å². The van der Waals surface area contributed by atoms with Crippen molar-refractivity contribution in [1.82, 2.24) is 5.32 Å². The van der Waals surface area contributed by atoms with Crippen LogP contribution in [0, 0.1) is 0 Å². The molecule has 0 aliphatic rings. The van der Waals surface area contributed by atoms with Gasteiger partial charge >= 0.3 is 12.3 Å². The molecular formula is C7H10F4N2O3. The molecule has 0 heterocycles. The van der Waals surface area contributed by atoms with Gasteiger partial charge in [0.1, 0.15) is 6.61 Å². The second-order valence-corrected chi connectivity index (χ2v) is 2.70. The van der Waals surface area contributed by atoms with Gasteiger partial charge in [-0.1, -0.05) is 0 Å². The van der Waals surface area contributed by atoms with Gasteiger partial charge in [-0.3, -0.25) is 9.59 Å². The molecule has 0 saturated carbocycles. The number of halogens is 4. The number of alkyl halides is 4. The van der Waals surface area contributed by atoms with Crippen LogP contribution in [-0.4, -0.2) is 43.9 Å². The average Bonchev–Trinajstić information content (AvgIpc) is 2.16. The number of carbonyl (C=O) groups excluding carboxylic acids is 2. The lowest BCUT2D eigenvalue weighted by atomic mass is 10.3. The minimum Gasteiger partial charge on any atom is -0.370 e. The van der Waals surface area contributed by atoms with E-state index in [2.05, 4.69) is 10.5 Å². The standard InChI is InChI=1S/C7H10F4N2O3/c8-5(9)7(10,11)6(15)13-1-2-16-3-4(12)14/h5H,1-3H2,(H2,12,14)(H,13,15). The number of nitrogens with one attached hydrogen (secondary N) is 1. The van der Waals surface area contributed by atoms with E-state index in [-0.39, 0.29) is 6.61 Å². The Balaban J connectivity index is 3.78. The molecule has 16 heavy (non-hydrogen) atoms. The molecule has 0 aliphatic heterocycles. The first-order valence-electron chi connectivity index (χ1n) is 4.08. The monoisotopic (exact) mass is 246 g/mol. The van der Waals surface area contributed by atoms with Crippen molar-refractivity contribution in [3.63, 3.8) is 0 Å². The molecule has 0 saturated heterocycles. The Labute approximate surface area is 87.9 Å². The predicted octanol–water partition coefficient (Wildman–Crippen LogP) is -0.495. The quantitative estimate of drug-likeness (QED) is 0.469. The lowest BCUT2D eigenvalue weighted by Crippen LogP contribution is -2.46. The Morgan fingerprint density at radius 3 is 2.38 bits per heavy atom. The summed E-state index contributed by atoms with van der Waals surface area (Å²) < 4.78 is 52.4. The molecule has 0 aromatic rings. The predicted molar refractivity (Wildman–Crippen MR) is 44.0 cm³/mol. The zero-order chi connectivity index (χ0) is 12.8. The zero-order valence-electron chi connectivity index (χ0n) is 8.01. The Bertz CT molecular complexity index is 260. The second-order valence-electron chi connectivity index (χ2n) is 2.70. The Morgan fingerprint density at radius 1 is 1.38 bits per heavy atom. The van der Waals surface area contributed by atoms with Gasteiger partial charge in [0.2, 0.25) is 5.91 Å². The van der Waals surface area contributed by atoms with E-state index < -0.39 is 37.3 Å². The largest absolute Gasteiger partial charge is 0.383 e. The van der Waals surface area contributed by atoms with Crippen LogP contribution in [0.25, 0.3) is 0 Å². The first-order chi connectivity index (χ1) is 7.28. The number of nitrogens with two attached hydrogens (primary N) is 1. The van der Waals surface area contributed by atoms with Crippen molar-refractivity contribution in [2.45, 2.75) is 12.3 Å². The van der Waals surface area contributed by atoms with E-state index in [1.54, 1.807) is 0 Å². The molecule has 0 atom stereocenters. The zero-order valence-corrected chi connectivity index (χ0v) is 8.01. The fourth-order valence-electron chi connectivity index (χ4n) is 0.626. The van der Waals surface area contributed by atoms with Gasteiger partial charge in [-0.15, -0.1) is 0 Å². The number of carbonyl (C=O) groups is 2. The highest BCUT2D eigenvalue weighted by atomic mass is 19.3. The Hall–Kier alpha value is -1.38.